The molecular formula is C60H51Cl9N4O22. The van der Waals surface area contributed by atoms with Crippen LogP contribution in [0.25, 0.3) is 33.8 Å². The lowest BCUT2D eigenvalue weighted by molar-refractivity contribution is -0.213. The van der Waals surface area contributed by atoms with Gasteiger partial charge in [-0.2, -0.15) is 0 Å². The molecule has 35 heteroatoms. The van der Waals surface area contributed by atoms with Crippen LogP contribution in [-0.4, -0.2) is 178 Å². The first-order valence-corrected chi connectivity index (χ1v) is 30.3. The minimum atomic E-state index is -1.41. The number of oxime groups is 1. The van der Waals surface area contributed by atoms with Crippen LogP contribution in [-0.2, 0) is 73.8 Å². The zero-order chi connectivity index (χ0) is 69.6. The van der Waals surface area contributed by atoms with Crippen molar-refractivity contribution in [1.29, 1.82) is 0 Å². The molecular weight excluding hydrogens is 1450 g/mol. The average Bonchev–Trinajstić information content (AvgIpc) is 1.65. The van der Waals surface area contributed by atoms with Gasteiger partial charge >= 0.3 is 23.9 Å². The fraction of sp³-hybridized carbons (Fsp3) is 0.317. The van der Waals surface area contributed by atoms with E-state index in [1.807, 2.05) is 0 Å². The molecule has 4 N–H and O–H groups in total. The van der Waals surface area contributed by atoms with Crippen molar-refractivity contribution in [2.75, 3.05) is 102 Å². The largest absolute Gasteiger partial charge is 0.477 e. The third-order valence-electron chi connectivity index (χ3n) is 13.8. The Morgan fingerprint density at radius 1 is 0.495 bits per heavy atom. The first-order valence-electron chi connectivity index (χ1n) is 26.9. The molecule has 5 aliphatic heterocycles. The molecule has 3 aromatic heterocycles. The van der Waals surface area contributed by atoms with E-state index in [2.05, 4.69) is 41.9 Å². The van der Waals surface area contributed by atoms with Gasteiger partial charge in [0.25, 0.3) is 0 Å². The lowest BCUT2D eigenvalue weighted by Gasteiger charge is -2.37. The van der Waals surface area contributed by atoms with Crippen molar-refractivity contribution in [3.63, 3.8) is 0 Å². The summed E-state index contributed by atoms with van der Waals surface area (Å²) in [6.07, 6.45) is 0. The normalized spacial score (nSPS) is 16.3. The van der Waals surface area contributed by atoms with Crippen molar-refractivity contribution in [3.05, 3.63) is 153 Å². The third-order valence-corrected chi connectivity index (χ3v) is 16.6. The molecule has 5 saturated heterocycles. The molecule has 5 fully saturated rings. The number of halogens is 9. The number of benzene rings is 4. The van der Waals surface area contributed by atoms with Gasteiger partial charge in [0.15, 0.2) is 50.6 Å². The molecule has 0 saturated carbocycles. The molecule has 0 aliphatic carbocycles. The smallest absolute Gasteiger partial charge is 0.384 e. The van der Waals surface area contributed by atoms with Gasteiger partial charge in [0.1, 0.15) is 47.0 Å². The van der Waals surface area contributed by atoms with E-state index in [-0.39, 0.29) is 125 Å². The van der Waals surface area contributed by atoms with Crippen molar-refractivity contribution in [3.8, 4) is 45.6 Å². The van der Waals surface area contributed by atoms with Crippen LogP contribution in [0.3, 0.4) is 0 Å². The van der Waals surface area contributed by atoms with E-state index in [4.69, 9.17) is 161 Å². The van der Waals surface area contributed by atoms with Gasteiger partial charge in [-0.1, -0.05) is 155 Å². The molecule has 0 bridgehead atoms. The molecule has 0 atom stereocenters. The predicted octanol–water partition coefficient (Wildman–Crippen LogP) is 11.1. The summed E-state index contributed by atoms with van der Waals surface area (Å²) in [7, 11) is 6.69. The van der Waals surface area contributed by atoms with Gasteiger partial charge in [-0.15, -0.1) is 0 Å². The lowest BCUT2D eigenvalue weighted by Crippen LogP contribution is -2.48. The molecule has 5 aliphatic rings. The molecule has 0 amide bonds. The number of carboxylic acids is 1. The van der Waals surface area contributed by atoms with E-state index in [1.165, 1.54) is 35.5 Å². The van der Waals surface area contributed by atoms with Crippen LogP contribution in [0.2, 0.25) is 40.2 Å². The Kier molecular flexibility index (Phi) is 26.7. The highest BCUT2D eigenvalue weighted by Crippen LogP contribution is 2.46. The predicted molar refractivity (Wildman–Crippen MR) is 341 cm³/mol. The SMILES string of the molecule is COC(=O)C#CC1(O)COC1.COC(=O)c1c(-c2c(Cl)cccc2Cl)noc1C1(O)COC1.COC(=O)c1c(-c2c(Cl)cccc2Cl)noc1C1(OC)COC1.COC1(c2onc(-c3c(Cl)cccc3Cl)c2C(=O)O)COC1.O/N=C(\Cl)c1c(Cl)cccc1Cl.O=C1COC1. The van der Waals surface area contributed by atoms with Gasteiger partial charge in [-0.05, 0) is 48.5 Å². The summed E-state index contributed by atoms with van der Waals surface area (Å²) >= 11 is 54.0. The molecule has 0 radical (unpaired) electrons. The Balaban J connectivity index is 0.000000169. The van der Waals surface area contributed by atoms with Crippen LogP contribution in [0.4, 0.5) is 0 Å². The maximum atomic E-state index is 12.3. The number of rotatable bonds is 12. The summed E-state index contributed by atoms with van der Waals surface area (Å²) < 4.78 is 65.1. The number of esters is 3. The Labute approximate surface area is 583 Å². The Bertz CT molecular complexity index is 3960. The first-order chi connectivity index (χ1) is 45.2. The zero-order valence-electron chi connectivity index (χ0n) is 49.8. The number of methoxy groups -OCH3 is 5. The Hall–Kier alpha value is -6.66. The number of carbonyl (C=O) groups is 5. The Morgan fingerprint density at radius 2 is 0.832 bits per heavy atom. The maximum absolute atomic E-state index is 12.3. The van der Waals surface area contributed by atoms with Crippen LogP contribution in [0.5, 0.6) is 0 Å². The summed E-state index contributed by atoms with van der Waals surface area (Å²) in [5.74, 6) is 1.85. The number of aromatic carboxylic acids is 1. The van der Waals surface area contributed by atoms with E-state index in [0.717, 1.165) is 0 Å². The monoisotopic (exact) mass is 1490 g/mol. The highest BCUT2D eigenvalue weighted by atomic mass is 35.5. The zero-order valence-corrected chi connectivity index (χ0v) is 56.6. The third kappa shape index (κ3) is 17.2. The van der Waals surface area contributed by atoms with Crippen LogP contribution >= 0.6 is 104 Å². The van der Waals surface area contributed by atoms with Crippen LogP contribution in [0.15, 0.2) is 91.5 Å². The molecule has 506 valence electrons. The first kappa shape index (κ1) is 75.7. The van der Waals surface area contributed by atoms with Gasteiger partial charge < -0.3 is 81.5 Å². The van der Waals surface area contributed by atoms with E-state index >= 15 is 0 Å². The number of hydrogen-bond acceptors (Lipinski definition) is 25. The number of Topliss-reactive ketones (excluding diaryl/α,β-unsaturated/α-hetero) is 1. The highest BCUT2D eigenvalue weighted by molar-refractivity contribution is 6.71. The second-order valence-electron chi connectivity index (χ2n) is 20.0. The summed E-state index contributed by atoms with van der Waals surface area (Å²) in [5, 5.41) is 54.5. The second-order valence-corrected chi connectivity index (χ2v) is 23.6. The van der Waals surface area contributed by atoms with E-state index in [1.54, 1.807) is 72.8 Å². The number of hydrogen-bond donors (Lipinski definition) is 4. The average molecular weight is 1500 g/mol. The number of carbonyl (C=O) groups excluding carboxylic acids is 4. The van der Waals surface area contributed by atoms with Crippen molar-refractivity contribution in [2.45, 2.75) is 22.4 Å². The van der Waals surface area contributed by atoms with Gasteiger partial charge in [0, 0.05) is 36.8 Å². The van der Waals surface area contributed by atoms with Gasteiger partial charge in [-0.25, -0.2) is 19.2 Å². The fourth-order valence-electron chi connectivity index (χ4n) is 8.48. The number of aromatic nitrogens is 3. The van der Waals surface area contributed by atoms with Crippen LogP contribution in [0.1, 0.15) is 53.9 Å². The standard InChI is InChI=1S/C15H13Cl2NO5.2C14H11Cl2NO5.C7H4Cl3NO.C7H8O4.C3H4O2/c1-20-14(19)11-12(10-8(16)4-3-5-9(10)17)18-23-13(11)15(21-2)6-22-7-15;1-20-13(18)10-11(9-7(15)3-2-4-8(9)16)17-22-12(10)14(19)5-21-6-14;1-20-14(5-21-6-14)12-10(13(18)19)11(17-22-12)9-7(15)3-2-4-8(9)16;8-4-2-1-3-5(9)6(4)7(10)11-12;1-10-6(8)2-3-7(9)4-11-5-7;4-3-1-5-2-3/h3-5H,6-7H2,1-2H3;2-4,19H,5-6H2,1H3;2-4H,5-6H2,1H3,(H,18,19);1-3,12H;9H,4-5H2,1H3;1-2H2/b;;;11-7-;;. The molecule has 95 heavy (non-hydrogen) atoms. The van der Waals surface area contributed by atoms with Crippen LogP contribution < -0.4 is 0 Å². The van der Waals surface area contributed by atoms with E-state index in [0.29, 0.717) is 65.6 Å². The number of aliphatic hydroxyl groups is 2. The molecule has 8 heterocycles. The number of carboxylic acid groups (broad SMARTS) is 1. The summed E-state index contributed by atoms with van der Waals surface area (Å²) in [5.41, 5.74) is -2.58. The molecule has 4 aromatic carbocycles. The number of ketones is 1. The topological polar surface area (TPSA) is 349 Å². The highest BCUT2D eigenvalue weighted by Gasteiger charge is 2.51. The minimum Gasteiger partial charge on any atom is -0.477 e. The van der Waals surface area contributed by atoms with Gasteiger partial charge in [0.05, 0.1) is 120 Å². The molecule has 7 aromatic rings. The minimum absolute atomic E-state index is 0.00187. The van der Waals surface area contributed by atoms with Crippen molar-refractivity contribution >= 4 is 139 Å². The Morgan fingerprint density at radius 3 is 1.11 bits per heavy atom. The summed E-state index contributed by atoms with van der Waals surface area (Å²) in [6.45, 7) is 1.90. The quantitative estimate of drug-likeness (QED) is 0.0168. The van der Waals surface area contributed by atoms with Crippen molar-refractivity contribution in [1.82, 2.24) is 15.5 Å². The summed E-state index contributed by atoms with van der Waals surface area (Å²) in [4.78, 5) is 56.4. The molecule has 0 unspecified atom stereocenters. The van der Waals surface area contributed by atoms with Gasteiger partial charge in [-0.3, -0.25) is 4.79 Å². The van der Waals surface area contributed by atoms with Gasteiger partial charge in [0.2, 0.25) is 0 Å². The molecule has 12 rings (SSSR count). The van der Waals surface area contributed by atoms with Crippen molar-refractivity contribution in [2.24, 2.45) is 5.16 Å². The van der Waals surface area contributed by atoms with Crippen molar-refractivity contribution < 1.29 is 105 Å². The fourth-order valence-corrected chi connectivity index (χ4v) is 11.1. The molecule has 0 spiro atoms. The van der Waals surface area contributed by atoms with E-state index in [9.17, 15) is 39.3 Å². The number of nitrogens with zero attached hydrogens (tertiary/aromatic N) is 4. The molecule has 26 nitrogen and oxygen atoms in total. The number of ether oxygens (including phenoxy) is 10. The maximum Gasteiger partial charge on any atom is 0.384 e. The lowest BCUT2D eigenvalue weighted by atomic mass is 9.92. The second kappa shape index (κ2) is 33.5. The van der Waals surface area contributed by atoms with E-state index < -0.39 is 46.3 Å². The summed E-state index contributed by atoms with van der Waals surface area (Å²) in [6, 6.07) is 19.6. The van der Waals surface area contributed by atoms with Crippen LogP contribution in [0, 0.1) is 11.8 Å².